The van der Waals surface area contributed by atoms with Gasteiger partial charge in [0.1, 0.15) is 0 Å². The zero-order valence-electron chi connectivity index (χ0n) is 13.6. The fraction of sp³-hybridized carbons (Fsp3) is 1.00. The minimum absolute atomic E-state index is 0.320. The summed E-state index contributed by atoms with van der Waals surface area (Å²) in [5, 5.41) is 0. The molecule has 0 saturated heterocycles. The third-order valence-corrected chi connectivity index (χ3v) is 3.32. The highest BCUT2D eigenvalue weighted by atomic mass is 16.5. The van der Waals surface area contributed by atoms with Gasteiger partial charge in [0.05, 0.1) is 19.3 Å². The van der Waals surface area contributed by atoms with Crippen molar-refractivity contribution in [2.45, 2.75) is 91.1 Å². The van der Waals surface area contributed by atoms with Crippen LogP contribution in [0.4, 0.5) is 0 Å². The highest BCUT2D eigenvalue weighted by Crippen LogP contribution is 2.10. The average Bonchev–Trinajstić information content (AvgIpc) is 2.39. The maximum absolute atomic E-state index is 5.53. The van der Waals surface area contributed by atoms with Crippen molar-refractivity contribution < 1.29 is 9.47 Å². The lowest BCUT2D eigenvalue weighted by atomic mass is 10.1. The molecule has 0 aromatic rings. The van der Waals surface area contributed by atoms with Crippen LogP contribution < -0.4 is 0 Å². The van der Waals surface area contributed by atoms with Crippen molar-refractivity contribution in [3.8, 4) is 0 Å². The summed E-state index contributed by atoms with van der Waals surface area (Å²) in [7, 11) is 0. The minimum Gasteiger partial charge on any atom is -0.379 e. The predicted octanol–water partition coefficient (Wildman–Crippen LogP) is 5.35. The highest BCUT2D eigenvalue weighted by Gasteiger charge is 1.95. The van der Waals surface area contributed by atoms with Gasteiger partial charge in [-0.15, -0.1) is 0 Å². The highest BCUT2D eigenvalue weighted by molar-refractivity contribution is 4.47. The lowest BCUT2D eigenvalue weighted by molar-refractivity contribution is 0.0186. The molecular formula is C17H36O2. The van der Waals surface area contributed by atoms with E-state index in [4.69, 9.17) is 9.47 Å². The van der Waals surface area contributed by atoms with Crippen molar-refractivity contribution in [3.63, 3.8) is 0 Å². The van der Waals surface area contributed by atoms with Crippen molar-refractivity contribution in [2.24, 2.45) is 0 Å². The molecule has 0 radical (unpaired) electrons. The predicted molar refractivity (Wildman–Crippen MR) is 83.8 cm³/mol. The van der Waals surface area contributed by atoms with Crippen molar-refractivity contribution in [1.29, 1.82) is 0 Å². The molecule has 0 aromatic heterocycles. The standard InChI is InChI=1S/C17H36O2/c1-4-5-6-7-8-9-10-11-12-13-14-18-15-16-19-17(2)3/h17H,4-16H2,1-3H3. The van der Waals surface area contributed by atoms with E-state index >= 15 is 0 Å². The Balaban J connectivity index is 2.91. The Hall–Kier alpha value is -0.0800. The van der Waals surface area contributed by atoms with Crippen LogP contribution in [0, 0.1) is 0 Å². The number of hydrogen-bond acceptors (Lipinski definition) is 2. The molecule has 19 heavy (non-hydrogen) atoms. The van der Waals surface area contributed by atoms with Crippen LogP contribution in [0.2, 0.25) is 0 Å². The van der Waals surface area contributed by atoms with Gasteiger partial charge < -0.3 is 9.47 Å². The lowest BCUT2D eigenvalue weighted by Gasteiger charge is -2.08. The summed E-state index contributed by atoms with van der Waals surface area (Å²) in [5.41, 5.74) is 0. The maximum Gasteiger partial charge on any atom is 0.0703 e. The van der Waals surface area contributed by atoms with Gasteiger partial charge in [-0.2, -0.15) is 0 Å². The molecule has 0 aliphatic rings. The summed E-state index contributed by atoms with van der Waals surface area (Å²) >= 11 is 0. The van der Waals surface area contributed by atoms with Gasteiger partial charge in [0, 0.05) is 6.61 Å². The zero-order chi connectivity index (χ0) is 14.2. The van der Waals surface area contributed by atoms with Crippen LogP contribution in [0.1, 0.15) is 85.0 Å². The Kier molecular flexibility index (Phi) is 15.9. The second kappa shape index (κ2) is 16.0. The van der Waals surface area contributed by atoms with E-state index in [-0.39, 0.29) is 0 Å². The molecule has 0 fully saturated rings. The summed E-state index contributed by atoms with van der Waals surface area (Å²) < 4.78 is 10.9. The quantitative estimate of drug-likeness (QED) is 0.374. The van der Waals surface area contributed by atoms with E-state index in [1.165, 1.54) is 64.2 Å². The Morgan fingerprint density at radius 3 is 1.68 bits per heavy atom. The fourth-order valence-electron chi connectivity index (χ4n) is 2.14. The molecule has 0 aliphatic heterocycles. The lowest BCUT2D eigenvalue weighted by Crippen LogP contribution is -2.10. The minimum atomic E-state index is 0.320. The van der Waals surface area contributed by atoms with Crippen molar-refractivity contribution in [1.82, 2.24) is 0 Å². The molecule has 0 heterocycles. The molecule has 0 spiro atoms. The molecule has 116 valence electrons. The number of unbranched alkanes of at least 4 members (excludes halogenated alkanes) is 9. The van der Waals surface area contributed by atoms with Gasteiger partial charge in [-0.1, -0.05) is 64.7 Å². The van der Waals surface area contributed by atoms with Gasteiger partial charge in [-0.25, -0.2) is 0 Å². The third kappa shape index (κ3) is 17.9. The fourth-order valence-corrected chi connectivity index (χ4v) is 2.14. The molecule has 0 N–H and O–H groups in total. The monoisotopic (exact) mass is 272 g/mol. The largest absolute Gasteiger partial charge is 0.379 e. The Labute approximate surface area is 121 Å². The molecule has 0 rings (SSSR count). The summed E-state index contributed by atoms with van der Waals surface area (Å²) in [6, 6.07) is 0. The topological polar surface area (TPSA) is 18.5 Å². The first-order valence-corrected chi connectivity index (χ1v) is 8.46. The molecule has 2 heteroatoms. The smallest absolute Gasteiger partial charge is 0.0703 e. The molecule has 2 nitrogen and oxygen atoms in total. The average molecular weight is 272 g/mol. The molecule has 0 unspecified atom stereocenters. The van der Waals surface area contributed by atoms with Gasteiger partial charge in [0.25, 0.3) is 0 Å². The van der Waals surface area contributed by atoms with E-state index < -0.39 is 0 Å². The summed E-state index contributed by atoms with van der Waals surface area (Å²) in [6.45, 7) is 8.77. The van der Waals surface area contributed by atoms with Crippen LogP contribution in [-0.4, -0.2) is 25.9 Å². The first-order valence-electron chi connectivity index (χ1n) is 8.46. The first-order chi connectivity index (χ1) is 9.27. The van der Waals surface area contributed by atoms with Crippen molar-refractivity contribution in [2.75, 3.05) is 19.8 Å². The van der Waals surface area contributed by atoms with Crippen LogP contribution in [-0.2, 0) is 9.47 Å². The van der Waals surface area contributed by atoms with Crippen LogP contribution in [0.5, 0.6) is 0 Å². The Bertz CT molecular complexity index is 157. The molecule has 0 atom stereocenters. The van der Waals surface area contributed by atoms with Crippen molar-refractivity contribution >= 4 is 0 Å². The van der Waals surface area contributed by atoms with Gasteiger partial charge in [-0.3, -0.25) is 0 Å². The van der Waals surface area contributed by atoms with E-state index in [1.807, 2.05) is 0 Å². The van der Waals surface area contributed by atoms with E-state index in [2.05, 4.69) is 20.8 Å². The molecule has 0 aromatic carbocycles. The Morgan fingerprint density at radius 2 is 1.16 bits per heavy atom. The second-order valence-corrected chi connectivity index (χ2v) is 5.71. The van der Waals surface area contributed by atoms with E-state index in [1.54, 1.807) is 0 Å². The van der Waals surface area contributed by atoms with Crippen molar-refractivity contribution in [3.05, 3.63) is 0 Å². The summed E-state index contributed by atoms with van der Waals surface area (Å²) in [4.78, 5) is 0. The second-order valence-electron chi connectivity index (χ2n) is 5.71. The maximum atomic E-state index is 5.53. The van der Waals surface area contributed by atoms with Gasteiger partial charge in [-0.05, 0) is 20.3 Å². The number of hydrogen-bond donors (Lipinski definition) is 0. The van der Waals surface area contributed by atoms with Crippen LogP contribution in [0.3, 0.4) is 0 Å². The molecule has 0 bridgehead atoms. The van der Waals surface area contributed by atoms with Crippen LogP contribution in [0.25, 0.3) is 0 Å². The molecule has 0 amide bonds. The van der Waals surface area contributed by atoms with Crippen LogP contribution in [0.15, 0.2) is 0 Å². The zero-order valence-corrected chi connectivity index (χ0v) is 13.6. The summed E-state index contributed by atoms with van der Waals surface area (Å²) in [5.74, 6) is 0. The first kappa shape index (κ1) is 18.9. The van der Waals surface area contributed by atoms with Gasteiger partial charge in [0.2, 0.25) is 0 Å². The Morgan fingerprint density at radius 1 is 0.632 bits per heavy atom. The van der Waals surface area contributed by atoms with Gasteiger partial charge in [0.15, 0.2) is 0 Å². The third-order valence-electron chi connectivity index (χ3n) is 3.32. The molecule has 0 aliphatic carbocycles. The molecule has 0 saturated carbocycles. The van der Waals surface area contributed by atoms with Crippen LogP contribution >= 0.6 is 0 Å². The van der Waals surface area contributed by atoms with Gasteiger partial charge >= 0.3 is 0 Å². The SMILES string of the molecule is CCCCCCCCCCCCOCCOC(C)C. The van der Waals surface area contributed by atoms with E-state index in [0.29, 0.717) is 6.10 Å². The molecular weight excluding hydrogens is 236 g/mol. The number of ether oxygens (including phenoxy) is 2. The van der Waals surface area contributed by atoms with E-state index in [0.717, 1.165) is 19.8 Å². The summed E-state index contributed by atoms with van der Waals surface area (Å²) in [6.07, 6.45) is 14.1. The van der Waals surface area contributed by atoms with E-state index in [9.17, 15) is 0 Å². The number of rotatable bonds is 15. The normalized spacial score (nSPS) is 11.4.